The van der Waals surface area contributed by atoms with E-state index in [2.05, 4.69) is 6.92 Å². The molecule has 0 radical (unpaired) electrons. The quantitative estimate of drug-likeness (QED) is 0.649. The van der Waals surface area contributed by atoms with E-state index in [1.807, 2.05) is 6.92 Å². The lowest BCUT2D eigenvalue weighted by Gasteiger charge is -2.28. The number of carboxylic acids is 1. The molecule has 0 saturated heterocycles. The minimum Gasteiger partial charge on any atom is -0.480 e. The van der Waals surface area contributed by atoms with E-state index in [1.54, 1.807) is 13.8 Å². The van der Waals surface area contributed by atoms with Crippen molar-refractivity contribution in [3.05, 3.63) is 0 Å². The molecule has 0 aromatic rings. The molecule has 1 atom stereocenters. The molecule has 0 aromatic carbocycles. The summed E-state index contributed by atoms with van der Waals surface area (Å²) in [7, 11) is 0. The van der Waals surface area contributed by atoms with Crippen LogP contribution < -0.4 is 0 Å². The Morgan fingerprint density at radius 1 is 1.19 bits per heavy atom. The number of ketones is 1. The lowest BCUT2D eigenvalue weighted by molar-refractivity contribution is -0.157. The Hall–Kier alpha value is -0.860. The third kappa shape index (κ3) is 3.06. The van der Waals surface area contributed by atoms with Gasteiger partial charge < -0.3 is 5.11 Å². The van der Waals surface area contributed by atoms with Crippen LogP contribution in [0.4, 0.5) is 0 Å². The highest BCUT2D eigenvalue weighted by Gasteiger charge is 2.44. The Kier molecular flexibility index (Phi) is 6.31. The average molecular weight is 228 g/mol. The molecule has 0 aromatic heterocycles. The Balaban J connectivity index is 4.80. The van der Waals surface area contributed by atoms with Crippen molar-refractivity contribution in [2.24, 2.45) is 11.3 Å². The van der Waals surface area contributed by atoms with Gasteiger partial charge in [-0.2, -0.15) is 0 Å². The summed E-state index contributed by atoms with van der Waals surface area (Å²) in [6, 6.07) is 0. The van der Waals surface area contributed by atoms with Gasteiger partial charge in [-0.05, 0) is 19.3 Å². The second-order valence-corrected chi connectivity index (χ2v) is 4.50. The molecule has 94 valence electrons. The largest absolute Gasteiger partial charge is 0.480 e. The third-order valence-electron chi connectivity index (χ3n) is 3.53. The Bertz CT molecular complexity index is 242. The molecule has 0 amide bonds. The number of aliphatic carboxylic acids is 1. The second kappa shape index (κ2) is 6.66. The molecule has 0 saturated carbocycles. The van der Waals surface area contributed by atoms with Crippen LogP contribution in [-0.2, 0) is 9.59 Å². The van der Waals surface area contributed by atoms with E-state index in [1.165, 1.54) is 0 Å². The zero-order chi connectivity index (χ0) is 12.8. The fraction of sp³-hybridized carbons (Fsp3) is 0.846. The van der Waals surface area contributed by atoms with E-state index in [9.17, 15) is 14.7 Å². The fourth-order valence-electron chi connectivity index (χ4n) is 2.12. The van der Waals surface area contributed by atoms with Gasteiger partial charge in [-0.15, -0.1) is 0 Å². The summed E-state index contributed by atoms with van der Waals surface area (Å²) in [6.45, 7) is 7.48. The Labute approximate surface area is 98.2 Å². The van der Waals surface area contributed by atoms with Crippen molar-refractivity contribution >= 4 is 11.8 Å². The highest BCUT2D eigenvalue weighted by atomic mass is 16.4. The van der Waals surface area contributed by atoms with Crippen LogP contribution in [0, 0.1) is 11.3 Å². The van der Waals surface area contributed by atoms with Gasteiger partial charge in [-0.3, -0.25) is 9.59 Å². The van der Waals surface area contributed by atoms with Crippen LogP contribution in [0.2, 0.25) is 0 Å². The zero-order valence-electron chi connectivity index (χ0n) is 10.9. The van der Waals surface area contributed by atoms with Crippen LogP contribution in [0.5, 0.6) is 0 Å². The van der Waals surface area contributed by atoms with Crippen molar-refractivity contribution in [1.82, 2.24) is 0 Å². The SMILES string of the molecule is CCCCC(C)C(=O)C(CC)(CC)C(=O)O. The highest BCUT2D eigenvalue weighted by Crippen LogP contribution is 2.32. The molecule has 0 fully saturated rings. The van der Waals surface area contributed by atoms with Crippen LogP contribution in [0.25, 0.3) is 0 Å². The molecule has 0 rings (SSSR count). The van der Waals surface area contributed by atoms with Gasteiger partial charge in [0.2, 0.25) is 0 Å². The summed E-state index contributed by atoms with van der Waals surface area (Å²) >= 11 is 0. The summed E-state index contributed by atoms with van der Waals surface area (Å²) < 4.78 is 0. The number of hydrogen-bond acceptors (Lipinski definition) is 2. The van der Waals surface area contributed by atoms with Gasteiger partial charge in [-0.25, -0.2) is 0 Å². The molecule has 0 spiro atoms. The lowest BCUT2D eigenvalue weighted by atomic mass is 9.73. The molecular formula is C13H24O3. The number of carbonyl (C=O) groups excluding carboxylic acids is 1. The smallest absolute Gasteiger partial charge is 0.317 e. The van der Waals surface area contributed by atoms with E-state index >= 15 is 0 Å². The fourth-order valence-corrected chi connectivity index (χ4v) is 2.12. The number of hydrogen-bond donors (Lipinski definition) is 1. The van der Waals surface area contributed by atoms with Crippen LogP contribution in [0.15, 0.2) is 0 Å². The molecule has 0 aliphatic carbocycles. The minimum absolute atomic E-state index is 0.0987. The van der Waals surface area contributed by atoms with Crippen molar-refractivity contribution < 1.29 is 14.7 Å². The molecule has 0 heterocycles. The second-order valence-electron chi connectivity index (χ2n) is 4.50. The van der Waals surface area contributed by atoms with E-state index < -0.39 is 11.4 Å². The first-order chi connectivity index (χ1) is 7.46. The maximum absolute atomic E-state index is 12.2. The van der Waals surface area contributed by atoms with Crippen LogP contribution in [-0.4, -0.2) is 16.9 Å². The van der Waals surface area contributed by atoms with Crippen molar-refractivity contribution in [1.29, 1.82) is 0 Å². The summed E-state index contributed by atoms with van der Waals surface area (Å²) in [5.41, 5.74) is -1.16. The predicted octanol–water partition coefficient (Wildman–Crippen LogP) is 3.27. The van der Waals surface area contributed by atoms with E-state index in [-0.39, 0.29) is 11.7 Å². The van der Waals surface area contributed by atoms with Crippen LogP contribution >= 0.6 is 0 Å². The first-order valence-electron chi connectivity index (χ1n) is 6.23. The normalized spacial score (nSPS) is 13.5. The molecule has 0 bridgehead atoms. The van der Waals surface area contributed by atoms with Gasteiger partial charge in [0.15, 0.2) is 5.78 Å². The molecular weight excluding hydrogens is 204 g/mol. The van der Waals surface area contributed by atoms with Gasteiger partial charge in [0.05, 0.1) is 0 Å². The van der Waals surface area contributed by atoms with Crippen molar-refractivity contribution in [2.45, 2.75) is 59.8 Å². The molecule has 3 heteroatoms. The van der Waals surface area contributed by atoms with Gasteiger partial charge in [-0.1, -0.05) is 40.5 Å². The van der Waals surface area contributed by atoms with Crippen molar-refractivity contribution in [2.75, 3.05) is 0 Å². The number of carbonyl (C=O) groups is 2. The number of rotatable bonds is 8. The van der Waals surface area contributed by atoms with Crippen molar-refractivity contribution in [3.63, 3.8) is 0 Å². The van der Waals surface area contributed by atoms with E-state index in [4.69, 9.17) is 0 Å². The van der Waals surface area contributed by atoms with Crippen LogP contribution in [0.1, 0.15) is 59.8 Å². The Morgan fingerprint density at radius 2 is 1.69 bits per heavy atom. The average Bonchev–Trinajstić information content (AvgIpc) is 2.27. The monoisotopic (exact) mass is 228 g/mol. The van der Waals surface area contributed by atoms with Gasteiger partial charge in [0.1, 0.15) is 5.41 Å². The van der Waals surface area contributed by atoms with E-state index in [0.29, 0.717) is 12.8 Å². The van der Waals surface area contributed by atoms with Crippen molar-refractivity contribution in [3.8, 4) is 0 Å². The maximum Gasteiger partial charge on any atom is 0.317 e. The first kappa shape index (κ1) is 15.1. The van der Waals surface area contributed by atoms with Crippen LogP contribution in [0.3, 0.4) is 0 Å². The first-order valence-corrected chi connectivity index (χ1v) is 6.23. The zero-order valence-corrected chi connectivity index (χ0v) is 10.9. The maximum atomic E-state index is 12.2. The molecule has 0 aliphatic rings. The summed E-state index contributed by atoms with van der Waals surface area (Å²) in [6.07, 6.45) is 3.58. The lowest BCUT2D eigenvalue weighted by Crippen LogP contribution is -2.41. The van der Waals surface area contributed by atoms with Gasteiger partial charge >= 0.3 is 5.97 Å². The van der Waals surface area contributed by atoms with E-state index in [0.717, 1.165) is 19.3 Å². The number of carboxylic acid groups (broad SMARTS) is 1. The minimum atomic E-state index is -1.16. The number of unbranched alkanes of at least 4 members (excludes halogenated alkanes) is 1. The summed E-state index contributed by atoms with van der Waals surface area (Å²) in [4.78, 5) is 23.5. The summed E-state index contributed by atoms with van der Waals surface area (Å²) in [5, 5.41) is 9.25. The topological polar surface area (TPSA) is 54.4 Å². The van der Waals surface area contributed by atoms with Gasteiger partial charge in [0, 0.05) is 5.92 Å². The molecule has 0 aliphatic heterocycles. The van der Waals surface area contributed by atoms with Gasteiger partial charge in [0.25, 0.3) is 0 Å². The molecule has 3 nitrogen and oxygen atoms in total. The molecule has 1 N–H and O–H groups in total. The molecule has 1 unspecified atom stereocenters. The Morgan fingerprint density at radius 3 is 2.00 bits per heavy atom. The predicted molar refractivity (Wildman–Crippen MR) is 64.3 cm³/mol. The highest BCUT2D eigenvalue weighted by molar-refractivity contribution is 6.03. The number of Topliss-reactive ketones (excluding diaryl/α,β-unsaturated/α-hetero) is 1. The molecule has 16 heavy (non-hydrogen) atoms. The standard InChI is InChI=1S/C13H24O3/c1-5-8-9-10(4)11(14)13(6-2,7-3)12(15)16/h10H,5-9H2,1-4H3,(H,15,16). The third-order valence-corrected chi connectivity index (χ3v) is 3.53. The summed E-state index contributed by atoms with van der Waals surface area (Å²) in [5.74, 6) is -1.21.